The van der Waals surface area contributed by atoms with Gasteiger partial charge in [0, 0.05) is 69.8 Å². The molecule has 0 bridgehead atoms. The lowest BCUT2D eigenvalue weighted by molar-refractivity contribution is -0.123. The second-order valence-electron chi connectivity index (χ2n) is 13.7. The molecular weight excluding hydrogens is 732 g/mol. The lowest BCUT2D eigenvalue weighted by Crippen LogP contribution is -2.53. The van der Waals surface area contributed by atoms with Crippen LogP contribution in [0.15, 0.2) is 53.0 Å². The first kappa shape index (κ1) is 36.3. The number of anilines is 3. The average molecular weight is 774 g/mol. The van der Waals surface area contributed by atoms with Gasteiger partial charge in [-0.2, -0.15) is 0 Å². The van der Waals surface area contributed by atoms with Gasteiger partial charge in [-0.1, -0.05) is 12.1 Å². The number of hydrogen-bond donors (Lipinski definition) is 2. The maximum Gasteiger partial charge on any atom is 0.238 e. The predicted molar refractivity (Wildman–Crippen MR) is 200 cm³/mol. The Hall–Kier alpha value is -2.97. The van der Waals surface area contributed by atoms with Crippen molar-refractivity contribution in [3.63, 3.8) is 0 Å². The number of thiazole rings is 2. The largest absolute Gasteiger partial charge is 0.359 e. The van der Waals surface area contributed by atoms with E-state index in [1.807, 2.05) is 81.1 Å². The Kier molecular flexibility index (Phi) is 10.7. The zero-order valence-corrected chi connectivity index (χ0v) is 32.0. The number of carbonyl (C=O) groups excluding carboxylic acids is 2. The first-order chi connectivity index (χ1) is 22.3. The molecule has 2 amide bonds. The molecule has 4 aromatic heterocycles. The topological polar surface area (TPSA) is 130 Å². The third kappa shape index (κ3) is 6.89. The summed E-state index contributed by atoms with van der Waals surface area (Å²) in [5.74, 6) is 2.00. The molecule has 256 valence electrons. The standard InChI is InChI=1S/C17H20N4OS.C13H17N3O.C4H4BrNS.ClH/c1-10-9-19-16(23-10)20-11-7-12(8-11)21-14-13(5-4-6-18-14)17(2,3)15(21)22;1-13(2)10-4-3-5-15-11(10)16(12(13)17)9-6-8(14)7-9;1-3-2-6-4(5)7-3;/h4-6,9,11-12H,7-8H2,1-3H3,(H,19,20);3-5,8-9H,6-7,14H2,1-2H3;2H,1H3;1H. The van der Waals surface area contributed by atoms with Crippen LogP contribution in [0.25, 0.3) is 0 Å². The van der Waals surface area contributed by atoms with Gasteiger partial charge < -0.3 is 11.1 Å². The number of fused-ring (bicyclic) bond motifs is 2. The normalized spacial score (nSPS) is 24.1. The number of nitrogens with one attached hydrogen (secondary N) is 1. The smallest absolute Gasteiger partial charge is 0.238 e. The highest BCUT2D eigenvalue weighted by Crippen LogP contribution is 2.45. The van der Waals surface area contributed by atoms with E-state index in [4.69, 9.17) is 5.73 Å². The Bertz CT molecular complexity index is 1770. The highest BCUT2D eigenvalue weighted by atomic mass is 79.9. The highest BCUT2D eigenvalue weighted by molar-refractivity contribution is 9.11. The summed E-state index contributed by atoms with van der Waals surface area (Å²) in [5, 5.41) is 4.43. The van der Waals surface area contributed by atoms with Crippen LogP contribution in [-0.2, 0) is 20.4 Å². The molecule has 48 heavy (non-hydrogen) atoms. The molecule has 14 heteroatoms. The summed E-state index contributed by atoms with van der Waals surface area (Å²) >= 11 is 6.56. The maximum absolute atomic E-state index is 12.8. The molecule has 4 aliphatic rings. The van der Waals surface area contributed by atoms with E-state index in [9.17, 15) is 9.59 Å². The number of halogens is 2. The predicted octanol–water partition coefficient (Wildman–Crippen LogP) is 6.95. The molecule has 0 atom stereocenters. The minimum Gasteiger partial charge on any atom is -0.359 e. The van der Waals surface area contributed by atoms with Gasteiger partial charge >= 0.3 is 0 Å². The van der Waals surface area contributed by atoms with E-state index in [1.54, 1.807) is 35.1 Å². The second kappa shape index (κ2) is 14.1. The summed E-state index contributed by atoms with van der Waals surface area (Å²) in [4.78, 5) is 48.7. The number of hydrogen-bond acceptors (Lipinski definition) is 10. The molecule has 0 unspecified atom stereocenters. The van der Waals surface area contributed by atoms with Crippen molar-refractivity contribution in [3.05, 3.63) is 73.9 Å². The van der Waals surface area contributed by atoms with E-state index >= 15 is 0 Å². The van der Waals surface area contributed by atoms with Crippen molar-refractivity contribution in [1.29, 1.82) is 0 Å². The summed E-state index contributed by atoms with van der Waals surface area (Å²) in [6.45, 7) is 12.0. The van der Waals surface area contributed by atoms with E-state index in [-0.39, 0.29) is 42.3 Å². The molecule has 0 radical (unpaired) electrons. The van der Waals surface area contributed by atoms with Crippen LogP contribution in [0, 0.1) is 13.8 Å². The van der Waals surface area contributed by atoms with Gasteiger partial charge in [0.15, 0.2) is 9.05 Å². The Morgan fingerprint density at radius 3 is 1.67 bits per heavy atom. The van der Waals surface area contributed by atoms with Gasteiger partial charge in [0.1, 0.15) is 11.6 Å². The number of nitrogens with zero attached hydrogens (tertiary/aromatic N) is 6. The highest BCUT2D eigenvalue weighted by Gasteiger charge is 2.51. The van der Waals surface area contributed by atoms with E-state index < -0.39 is 10.8 Å². The molecule has 2 aliphatic carbocycles. The molecule has 2 saturated carbocycles. The number of carbonyl (C=O) groups is 2. The van der Waals surface area contributed by atoms with E-state index in [0.717, 1.165) is 57.5 Å². The molecule has 2 aliphatic heterocycles. The van der Waals surface area contributed by atoms with Crippen LogP contribution in [-0.4, -0.2) is 55.9 Å². The lowest BCUT2D eigenvalue weighted by atomic mass is 9.84. The Morgan fingerprint density at radius 1 is 0.792 bits per heavy atom. The van der Waals surface area contributed by atoms with Gasteiger partial charge in [0.2, 0.25) is 11.8 Å². The zero-order chi connectivity index (χ0) is 33.7. The summed E-state index contributed by atoms with van der Waals surface area (Å²) in [6.07, 6.45) is 10.9. The van der Waals surface area contributed by atoms with Crippen LogP contribution in [0.4, 0.5) is 16.8 Å². The molecule has 3 N–H and O–H groups in total. The fourth-order valence-corrected chi connectivity index (χ4v) is 8.62. The molecular formula is C34H42BrClN8O2S2. The van der Waals surface area contributed by atoms with Crippen molar-refractivity contribution < 1.29 is 9.59 Å². The van der Waals surface area contributed by atoms with Crippen LogP contribution in [0.2, 0.25) is 0 Å². The quantitative estimate of drug-likeness (QED) is 0.228. The summed E-state index contributed by atoms with van der Waals surface area (Å²) < 4.78 is 0.963. The number of aryl methyl sites for hydroxylation is 2. The summed E-state index contributed by atoms with van der Waals surface area (Å²) in [5.41, 5.74) is 6.95. The molecule has 2 fully saturated rings. The summed E-state index contributed by atoms with van der Waals surface area (Å²) in [6, 6.07) is 8.92. The van der Waals surface area contributed by atoms with Crippen molar-refractivity contribution in [3.8, 4) is 0 Å². The molecule has 8 rings (SSSR count). The van der Waals surface area contributed by atoms with Gasteiger partial charge in [0.05, 0.1) is 10.8 Å². The molecule has 4 aromatic rings. The number of pyridine rings is 2. The molecule has 6 heterocycles. The van der Waals surface area contributed by atoms with Crippen molar-refractivity contribution in [1.82, 2.24) is 19.9 Å². The van der Waals surface area contributed by atoms with Crippen LogP contribution in [0.3, 0.4) is 0 Å². The minimum atomic E-state index is -0.478. The Labute approximate surface area is 304 Å². The minimum absolute atomic E-state index is 0. The first-order valence-electron chi connectivity index (χ1n) is 15.9. The van der Waals surface area contributed by atoms with Gasteiger partial charge in [-0.3, -0.25) is 19.4 Å². The van der Waals surface area contributed by atoms with Crippen LogP contribution < -0.4 is 20.9 Å². The fourth-order valence-electron chi connectivity index (χ4n) is 6.54. The SMILES string of the molecule is CC1(C)C(=O)N(C2CC(N)C2)c2ncccc21.Cc1cnc(Br)s1.Cc1cnc(NC2CC(N3C(=O)C(C)(C)c4cccnc43)C2)s1.Cl. The third-order valence-electron chi connectivity index (χ3n) is 9.42. The monoisotopic (exact) mass is 772 g/mol. The lowest BCUT2D eigenvalue weighted by Gasteiger charge is -2.41. The Morgan fingerprint density at radius 2 is 1.27 bits per heavy atom. The van der Waals surface area contributed by atoms with Crippen molar-refractivity contribution in [2.24, 2.45) is 5.73 Å². The van der Waals surface area contributed by atoms with Crippen molar-refractivity contribution in [2.45, 2.75) is 102 Å². The van der Waals surface area contributed by atoms with Gasteiger partial charge in [-0.15, -0.1) is 35.1 Å². The first-order valence-corrected chi connectivity index (χ1v) is 18.3. The number of rotatable bonds is 4. The average Bonchev–Trinajstić information content (AvgIpc) is 3.70. The molecule has 10 nitrogen and oxygen atoms in total. The molecule has 0 saturated heterocycles. The number of nitrogens with two attached hydrogens (primary N) is 1. The van der Waals surface area contributed by atoms with Crippen molar-refractivity contribution >= 4 is 79.6 Å². The van der Waals surface area contributed by atoms with Crippen LogP contribution in [0.5, 0.6) is 0 Å². The molecule has 0 spiro atoms. The van der Waals surface area contributed by atoms with Crippen molar-refractivity contribution in [2.75, 3.05) is 15.1 Å². The van der Waals surface area contributed by atoms with E-state index in [1.165, 1.54) is 9.75 Å². The Balaban J connectivity index is 0.000000158. The molecule has 0 aromatic carbocycles. The number of aromatic nitrogens is 4. The fraction of sp³-hybridized carbons (Fsp3) is 0.471. The van der Waals surface area contributed by atoms with Crippen LogP contribution in [0.1, 0.15) is 74.3 Å². The van der Waals surface area contributed by atoms with E-state index in [0.29, 0.717) is 6.04 Å². The zero-order valence-electron chi connectivity index (χ0n) is 27.9. The van der Waals surface area contributed by atoms with Gasteiger partial charge in [0.25, 0.3) is 0 Å². The maximum atomic E-state index is 12.8. The van der Waals surface area contributed by atoms with Gasteiger partial charge in [-0.25, -0.2) is 19.9 Å². The number of amides is 2. The third-order valence-corrected chi connectivity index (χ3v) is 11.7. The summed E-state index contributed by atoms with van der Waals surface area (Å²) in [7, 11) is 0. The van der Waals surface area contributed by atoms with E-state index in [2.05, 4.69) is 48.1 Å². The van der Waals surface area contributed by atoms with Gasteiger partial charge in [-0.05, 0) is 95.3 Å². The van der Waals surface area contributed by atoms with Crippen LogP contribution >= 0.6 is 51.0 Å². The second-order valence-corrected chi connectivity index (χ2v) is 17.4.